The van der Waals surface area contributed by atoms with Crippen LogP contribution in [-0.4, -0.2) is 34.2 Å². The third-order valence-corrected chi connectivity index (χ3v) is 4.96. The maximum Gasteiger partial charge on any atom is 0.237 e. The summed E-state index contributed by atoms with van der Waals surface area (Å²) >= 11 is 2.72. The van der Waals surface area contributed by atoms with E-state index in [0.29, 0.717) is 20.7 Å². The van der Waals surface area contributed by atoms with Crippen molar-refractivity contribution in [1.29, 1.82) is 0 Å². The number of ketones is 1. The number of rotatable bonds is 6. The number of hydrogen-bond acceptors (Lipinski definition) is 7. The Labute approximate surface area is 136 Å². The van der Waals surface area contributed by atoms with Gasteiger partial charge in [0.1, 0.15) is 0 Å². The fourth-order valence-corrected chi connectivity index (χ4v) is 3.55. The zero-order valence-corrected chi connectivity index (χ0v) is 14.0. The van der Waals surface area contributed by atoms with E-state index in [4.69, 9.17) is 0 Å². The number of benzene rings is 1. The normalized spacial score (nSPS) is 11.8. The summed E-state index contributed by atoms with van der Waals surface area (Å²) in [6.45, 7) is 3.26. The lowest BCUT2D eigenvalue weighted by molar-refractivity contribution is -0.115. The number of nitrogens with one attached hydrogen (secondary N) is 2. The number of thioether (sulfide) groups is 1. The molecule has 22 heavy (non-hydrogen) atoms. The summed E-state index contributed by atoms with van der Waals surface area (Å²) in [6, 6.07) is 6.96. The molecule has 0 aliphatic carbocycles. The van der Waals surface area contributed by atoms with Crippen LogP contribution in [0, 0.1) is 0 Å². The number of aromatic nitrogens is 2. The molecule has 0 saturated heterocycles. The second-order valence-corrected chi connectivity index (χ2v) is 7.04. The fourth-order valence-electron chi connectivity index (χ4n) is 1.70. The Morgan fingerprint density at radius 2 is 2.00 bits per heavy atom. The van der Waals surface area contributed by atoms with E-state index in [1.54, 1.807) is 38.2 Å². The highest BCUT2D eigenvalue weighted by Gasteiger charge is 2.18. The predicted octanol–water partition coefficient (Wildman–Crippen LogP) is 2.90. The minimum Gasteiger partial charge on any atom is -0.363 e. The minimum atomic E-state index is -0.349. The van der Waals surface area contributed by atoms with Gasteiger partial charge < -0.3 is 10.6 Å². The van der Waals surface area contributed by atoms with Gasteiger partial charge in [0.25, 0.3) is 0 Å². The van der Waals surface area contributed by atoms with Crippen molar-refractivity contribution < 1.29 is 9.59 Å². The summed E-state index contributed by atoms with van der Waals surface area (Å²) < 4.78 is 0.715. The van der Waals surface area contributed by atoms with Crippen molar-refractivity contribution in [2.75, 3.05) is 17.7 Å². The van der Waals surface area contributed by atoms with E-state index in [2.05, 4.69) is 20.8 Å². The highest BCUT2D eigenvalue weighted by Crippen LogP contribution is 2.29. The first-order valence-corrected chi connectivity index (χ1v) is 8.29. The van der Waals surface area contributed by atoms with E-state index in [1.807, 2.05) is 0 Å². The molecule has 6 nitrogen and oxygen atoms in total. The molecule has 0 spiro atoms. The Morgan fingerprint density at radius 3 is 2.64 bits per heavy atom. The number of carbonyl (C=O) groups is 2. The molecule has 0 unspecified atom stereocenters. The number of amides is 1. The third-order valence-electron chi connectivity index (χ3n) is 2.83. The van der Waals surface area contributed by atoms with Crippen molar-refractivity contribution in [3.05, 3.63) is 29.8 Å². The van der Waals surface area contributed by atoms with Gasteiger partial charge in [-0.3, -0.25) is 9.59 Å². The summed E-state index contributed by atoms with van der Waals surface area (Å²) in [4.78, 5) is 23.8. The van der Waals surface area contributed by atoms with E-state index in [0.717, 1.165) is 0 Å². The van der Waals surface area contributed by atoms with E-state index in [-0.39, 0.29) is 16.9 Å². The Balaban J connectivity index is 2.04. The second kappa shape index (κ2) is 7.37. The Bertz CT molecular complexity index is 687. The molecule has 8 heteroatoms. The van der Waals surface area contributed by atoms with Gasteiger partial charge in [0, 0.05) is 12.6 Å². The molecule has 0 radical (unpaired) electrons. The fraction of sp³-hybridized carbons (Fsp3) is 0.286. The van der Waals surface area contributed by atoms with Gasteiger partial charge >= 0.3 is 0 Å². The number of nitrogens with zero attached hydrogens (tertiary/aromatic N) is 2. The van der Waals surface area contributed by atoms with Crippen LogP contribution in [-0.2, 0) is 4.79 Å². The molecule has 2 N–H and O–H groups in total. The molecule has 0 fully saturated rings. The van der Waals surface area contributed by atoms with E-state index in [9.17, 15) is 9.59 Å². The average Bonchev–Trinajstić information content (AvgIpc) is 2.95. The topological polar surface area (TPSA) is 84.0 Å². The molecule has 116 valence electrons. The van der Waals surface area contributed by atoms with E-state index in [1.165, 1.54) is 30.0 Å². The number of anilines is 2. The van der Waals surface area contributed by atoms with Crippen LogP contribution in [0.15, 0.2) is 28.6 Å². The van der Waals surface area contributed by atoms with Crippen LogP contribution in [0.25, 0.3) is 0 Å². The highest BCUT2D eigenvalue weighted by molar-refractivity contribution is 8.02. The van der Waals surface area contributed by atoms with Crippen molar-refractivity contribution >= 4 is 45.6 Å². The van der Waals surface area contributed by atoms with E-state index < -0.39 is 0 Å². The van der Waals surface area contributed by atoms with Crippen LogP contribution in [0.4, 0.5) is 10.8 Å². The van der Waals surface area contributed by atoms with Gasteiger partial charge in [-0.15, -0.1) is 10.2 Å². The second-order valence-electron chi connectivity index (χ2n) is 4.47. The standard InChI is InChI=1S/C14H16N4O2S2/c1-8(19)10-6-4-5-7-11(10)16-12(20)9(2)21-14-18-17-13(15-3)22-14/h4-7,9H,1-3H3,(H,15,17)(H,16,20)/t9-/m1/s1. The molecule has 1 heterocycles. The molecule has 1 amide bonds. The average molecular weight is 336 g/mol. The lowest BCUT2D eigenvalue weighted by Crippen LogP contribution is -2.23. The van der Waals surface area contributed by atoms with Gasteiger partial charge in [0.15, 0.2) is 10.1 Å². The van der Waals surface area contributed by atoms with Crippen LogP contribution >= 0.6 is 23.1 Å². The van der Waals surface area contributed by atoms with Crippen LogP contribution in [0.1, 0.15) is 24.2 Å². The van der Waals surface area contributed by atoms with Crippen molar-refractivity contribution in [3.63, 3.8) is 0 Å². The highest BCUT2D eigenvalue weighted by atomic mass is 32.2. The largest absolute Gasteiger partial charge is 0.363 e. The first-order valence-electron chi connectivity index (χ1n) is 6.60. The van der Waals surface area contributed by atoms with Crippen LogP contribution in [0.3, 0.4) is 0 Å². The van der Waals surface area contributed by atoms with Gasteiger partial charge in [-0.05, 0) is 26.0 Å². The predicted molar refractivity (Wildman–Crippen MR) is 89.9 cm³/mol. The smallest absolute Gasteiger partial charge is 0.237 e. The van der Waals surface area contributed by atoms with Crippen molar-refractivity contribution in [3.8, 4) is 0 Å². The Hall–Kier alpha value is -1.93. The first-order chi connectivity index (χ1) is 10.5. The summed E-state index contributed by atoms with van der Waals surface area (Å²) in [5.41, 5.74) is 1.03. The lowest BCUT2D eigenvalue weighted by Gasteiger charge is -2.12. The summed E-state index contributed by atoms with van der Waals surface area (Å²) in [5.74, 6) is -0.265. The van der Waals surface area contributed by atoms with Crippen molar-refractivity contribution in [2.24, 2.45) is 0 Å². The zero-order chi connectivity index (χ0) is 16.1. The molecule has 2 rings (SSSR count). The summed E-state index contributed by atoms with van der Waals surface area (Å²) in [6.07, 6.45) is 0. The van der Waals surface area contributed by atoms with E-state index >= 15 is 0 Å². The first kappa shape index (κ1) is 16.4. The van der Waals surface area contributed by atoms with Gasteiger partial charge in [-0.2, -0.15) is 0 Å². The Kier molecular flexibility index (Phi) is 5.51. The summed E-state index contributed by atoms with van der Waals surface area (Å²) in [7, 11) is 1.77. The van der Waals surface area contributed by atoms with Crippen LogP contribution < -0.4 is 10.6 Å². The number of Topliss-reactive ketones (excluding diaryl/α,β-unsaturated/α-hetero) is 1. The molecule has 0 aliphatic heterocycles. The SMILES string of the molecule is CNc1nnc(S[C@H](C)C(=O)Nc2ccccc2C(C)=O)s1. The monoisotopic (exact) mass is 336 g/mol. The zero-order valence-electron chi connectivity index (χ0n) is 12.4. The minimum absolute atomic E-state index is 0.0843. The molecule has 0 saturated carbocycles. The maximum absolute atomic E-state index is 12.3. The van der Waals surface area contributed by atoms with Gasteiger partial charge in [0.2, 0.25) is 11.0 Å². The quantitative estimate of drug-likeness (QED) is 0.623. The maximum atomic E-state index is 12.3. The molecular weight excluding hydrogens is 320 g/mol. The molecule has 0 bridgehead atoms. The molecule has 1 aromatic carbocycles. The third kappa shape index (κ3) is 4.05. The number of hydrogen-bond donors (Lipinski definition) is 2. The summed E-state index contributed by atoms with van der Waals surface area (Å²) in [5, 5.41) is 14.0. The van der Waals surface area contributed by atoms with Gasteiger partial charge in [-0.25, -0.2) is 0 Å². The molecule has 1 aromatic heterocycles. The molecule has 0 aliphatic rings. The number of carbonyl (C=O) groups excluding carboxylic acids is 2. The molecule has 2 aromatic rings. The lowest BCUT2D eigenvalue weighted by atomic mass is 10.1. The van der Waals surface area contributed by atoms with Crippen molar-refractivity contribution in [1.82, 2.24) is 10.2 Å². The molecular formula is C14H16N4O2S2. The van der Waals surface area contributed by atoms with Crippen LogP contribution in [0.2, 0.25) is 0 Å². The van der Waals surface area contributed by atoms with Crippen LogP contribution in [0.5, 0.6) is 0 Å². The Morgan fingerprint density at radius 1 is 1.27 bits per heavy atom. The molecule has 1 atom stereocenters. The van der Waals surface area contributed by atoms with Gasteiger partial charge in [0.05, 0.1) is 10.9 Å². The van der Waals surface area contributed by atoms with Crippen molar-refractivity contribution in [2.45, 2.75) is 23.4 Å². The van der Waals surface area contributed by atoms with Gasteiger partial charge in [-0.1, -0.05) is 35.2 Å². The number of para-hydroxylation sites is 1.